The summed E-state index contributed by atoms with van der Waals surface area (Å²) in [7, 11) is 0. The number of benzene rings is 2. The molecule has 0 saturated heterocycles. The minimum absolute atomic E-state index is 0.135. The summed E-state index contributed by atoms with van der Waals surface area (Å²) in [6.07, 6.45) is 1.01. The van der Waals surface area contributed by atoms with E-state index in [1.165, 1.54) is 5.56 Å². The Bertz CT molecular complexity index is 566. The maximum Gasteiger partial charge on any atom is 0.119 e. The first-order chi connectivity index (χ1) is 9.63. The van der Waals surface area contributed by atoms with E-state index in [1.54, 1.807) is 0 Å². The molecule has 2 N–H and O–H groups in total. The normalized spacial score (nSPS) is 12.2. The van der Waals surface area contributed by atoms with Gasteiger partial charge in [0.15, 0.2) is 0 Å². The highest BCUT2D eigenvalue weighted by Gasteiger charge is 2.13. The fraction of sp³-hybridized carbons (Fsp3) is 0.294. The van der Waals surface area contributed by atoms with Crippen LogP contribution in [0.1, 0.15) is 36.1 Å². The van der Waals surface area contributed by atoms with Crippen LogP contribution in [0.25, 0.3) is 0 Å². The van der Waals surface area contributed by atoms with Crippen LogP contribution < -0.4 is 10.5 Å². The molecule has 20 heavy (non-hydrogen) atoms. The van der Waals surface area contributed by atoms with Gasteiger partial charge in [-0.05, 0) is 42.2 Å². The topological polar surface area (TPSA) is 35.2 Å². The highest BCUT2D eigenvalue weighted by molar-refractivity contribution is 9.10. The summed E-state index contributed by atoms with van der Waals surface area (Å²) in [5.74, 6) is 0.895. The first kappa shape index (κ1) is 15.1. The maximum absolute atomic E-state index is 6.37. The molecule has 0 fully saturated rings. The largest absolute Gasteiger partial charge is 0.494 e. The molecule has 0 amide bonds. The number of hydrogen-bond donors (Lipinski definition) is 1. The molecule has 0 radical (unpaired) electrons. The zero-order valence-electron chi connectivity index (χ0n) is 11.9. The standard InChI is InChI=1S/C17H20BrNO/c1-3-11-20-14-9-7-13(8-10-14)17(19)15-6-4-5-12(2)16(15)18/h4-10,17H,3,11,19H2,1-2H3. The van der Waals surface area contributed by atoms with Crippen molar-refractivity contribution in [2.24, 2.45) is 5.73 Å². The van der Waals surface area contributed by atoms with E-state index in [0.29, 0.717) is 0 Å². The fourth-order valence-corrected chi connectivity index (χ4v) is 2.59. The SMILES string of the molecule is CCCOc1ccc(C(N)c2cccc(C)c2Br)cc1. The van der Waals surface area contributed by atoms with Crippen molar-refractivity contribution in [2.45, 2.75) is 26.3 Å². The van der Waals surface area contributed by atoms with Gasteiger partial charge in [-0.3, -0.25) is 0 Å². The van der Waals surface area contributed by atoms with E-state index in [0.717, 1.165) is 34.4 Å². The highest BCUT2D eigenvalue weighted by atomic mass is 79.9. The summed E-state index contributed by atoms with van der Waals surface area (Å²) >= 11 is 3.62. The molecule has 2 aromatic carbocycles. The molecule has 0 aliphatic rings. The zero-order chi connectivity index (χ0) is 14.5. The lowest BCUT2D eigenvalue weighted by atomic mass is 9.98. The Kier molecular flexibility index (Phi) is 5.21. The Morgan fingerprint density at radius 2 is 1.85 bits per heavy atom. The van der Waals surface area contributed by atoms with Crippen molar-refractivity contribution in [3.8, 4) is 5.75 Å². The van der Waals surface area contributed by atoms with E-state index >= 15 is 0 Å². The Morgan fingerprint density at radius 3 is 2.50 bits per heavy atom. The molecule has 0 aliphatic heterocycles. The summed E-state index contributed by atoms with van der Waals surface area (Å²) in [6.45, 7) is 4.91. The molecule has 0 aliphatic carbocycles. The van der Waals surface area contributed by atoms with Crippen LogP contribution in [0, 0.1) is 6.92 Å². The van der Waals surface area contributed by atoms with Gasteiger partial charge < -0.3 is 10.5 Å². The summed E-state index contributed by atoms with van der Waals surface area (Å²) in [5, 5.41) is 0. The van der Waals surface area contributed by atoms with Crippen molar-refractivity contribution in [1.82, 2.24) is 0 Å². The van der Waals surface area contributed by atoms with Crippen molar-refractivity contribution >= 4 is 15.9 Å². The number of hydrogen-bond acceptors (Lipinski definition) is 2. The van der Waals surface area contributed by atoms with E-state index < -0.39 is 0 Å². The molecule has 0 aromatic heterocycles. The molecule has 2 nitrogen and oxygen atoms in total. The summed E-state index contributed by atoms with van der Waals surface area (Å²) in [6, 6.07) is 14.1. The smallest absolute Gasteiger partial charge is 0.119 e. The number of nitrogens with two attached hydrogens (primary N) is 1. The zero-order valence-corrected chi connectivity index (χ0v) is 13.5. The Morgan fingerprint density at radius 1 is 1.15 bits per heavy atom. The van der Waals surface area contributed by atoms with Gasteiger partial charge in [-0.2, -0.15) is 0 Å². The van der Waals surface area contributed by atoms with Crippen molar-refractivity contribution in [3.63, 3.8) is 0 Å². The Labute approximate surface area is 129 Å². The number of ether oxygens (including phenoxy) is 1. The van der Waals surface area contributed by atoms with Gasteiger partial charge >= 0.3 is 0 Å². The lowest BCUT2D eigenvalue weighted by molar-refractivity contribution is 0.317. The molecular weight excluding hydrogens is 314 g/mol. The maximum atomic E-state index is 6.37. The van der Waals surface area contributed by atoms with Crippen LogP contribution in [-0.4, -0.2) is 6.61 Å². The van der Waals surface area contributed by atoms with Crippen LogP contribution in [0.4, 0.5) is 0 Å². The van der Waals surface area contributed by atoms with Gasteiger partial charge in [0.1, 0.15) is 5.75 Å². The molecule has 0 saturated carbocycles. The van der Waals surface area contributed by atoms with Gasteiger partial charge in [0.25, 0.3) is 0 Å². The minimum atomic E-state index is -0.135. The van der Waals surface area contributed by atoms with Crippen LogP contribution >= 0.6 is 15.9 Å². The second-order valence-corrected chi connectivity index (χ2v) is 5.67. The molecular formula is C17H20BrNO. The average Bonchev–Trinajstić information content (AvgIpc) is 2.48. The lowest BCUT2D eigenvalue weighted by Crippen LogP contribution is -2.12. The predicted octanol–water partition coefficient (Wildman–Crippen LogP) is 4.59. The summed E-state index contributed by atoms with van der Waals surface area (Å²) in [5.41, 5.74) is 9.75. The van der Waals surface area contributed by atoms with E-state index in [1.807, 2.05) is 30.3 Å². The monoisotopic (exact) mass is 333 g/mol. The van der Waals surface area contributed by atoms with Crippen molar-refractivity contribution in [1.29, 1.82) is 0 Å². The van der Waals surface area contributed by atoms with Crippen LogP contribution in [0.2, 0.25) is 0 Å². The van der Waals surface area contributed by atoms with Gasteiger partial charge in [0.2, 0.25) is 0 Å². The van der Waals surface area contributed by atoms with Crippen LogP contribution in [-0.2, 0) is 0 Å². The Hall–Kier alpha value is -1.32. The number of aryl methyl sites for hydroxylation is 1. The quantitative estimate of drug-likeness (QED) is 0.868. The van der Waals surface area contributed by atoms with Gasteiger partial charge in [0, 0.05) is 4.47 Å². The molecule has 1 atom stereocenters. The van der Waals surface area contributed by atoms with E-state index in [-0.39, 0.29) is 6.04 Å². The third-order valence-corrected chi connectivity index (χ3v) is 4.35. The average molecular weight is 334 g/mol. The number of halogens is 1. The highest BCUT2D eigenvalue weighted by Crippen LogP contribution is 2.29. The number of rotatable bonds is 5. The molecule has 2 rings (SSSR count). The third-order valence-electron chi connectivity index (χ3n) is 3.27. The first-order valence-electron chi connectivity index (χ1n) is 6.86. The van der Waals surface area contributed by atoms with Crippen LogP contribution in [0.5, 0.6) is 5.75 Å². The molecule has 0 heterocycles. The van der Waals surface area contributed by atoms with E-state index in [4.69, 9.17) is 10.5 Å². The molecule has 2 aromatic rings. The second-order valence-electron chi connectivity index (χ2n) is 4.87. The predicted molar refractivity (Wildman–Crippen MR) is 87.1 cm³/mol. The van der Waals surface area contributed by atoms with Gasteiger partial charge in [0.05, 0.1) is 12.6 Å². The molecule has 3 heteroatoms. The Balaban J connectivity index is 2.20. The van der Waals surface area contributed by atoms with Crippen molar-refractivity contribution in [2.75, 3.05) is 6.61 Å². The van der Waals surface area contributed by atoms with Crippen molar-refractivity contribution < 1.29 is 4.74 Å². The van der Waals surface area contributed by atoms with Gasteiger partial charge in [-0.1, -0.05) is 53.2 Å². The van der Waals surface area contributed by atoms with Gasteiger partial charge in [-0.15, -0.1) is 0 Å². The molecule has 0 spiro atoms. The van der Waals surface area contributed by atoms with Gasteiger partial charge in [-0.25, -0.2) is 0 Å². The molecule has 0 bridgehead atoms. The first-order valence-corrected chi connectivity index (χ1v) is 7.66. The van der Waals surface area contributed by atoms with E-state index in [2.05, 4.69) is 41.9 Å². The molecule has 106 valence electrons. The molecule has 1 unspecified atom stereocenters. The summed E-state index contributed by atoms with van der Waals surface area (Å²) in [4.78, 5) is 0. The minimum Gasteiger partial charge on any atom is -0.494 e. The summed E-state index contributed by atoms with van der Waals surface area (Å²) < 4.78 is 6.67. The third kappa shape index (κ3) is 3.41. The van der Waals surface area contributed by atoms with Crippen LogP contribution in [0.15, 0.2) is 46.9 Å². The van der Waals surface area contributed by atoms with Crippen molar-refractivity contribution in [3.05, 3.63) is 63.6 Å². The second kappa shape index (κ2) is 6.91. The van der Waals surface area contributed by atoms with E-state index in [9.17, 15) is 0 Å². The lowest BCUT2D eigenvalue weighted by Gasteiger charge is -2.16. The fourth-order valence-electron chi connectivity index (χ4n) is 2.08. The van der Waals surface area contributed by atoms with Crippen LogP contribution in [0.3, 0.4) is 0 Å².